The molecule has 7 nitrogen and oxygen atoms in total. The van der Waals surface area contributed by atoms with E-state index in [1.54, 1.807) is 0 Å². The molecular formula is C9H14N4O3. The van der Waals surface area contributed by atoms with Gasteiger partial charge in [0.05, 0.1) is 6.10 Å². The van der Waals surface area contributed by atoms with Gasteiger partial charge in [0.1, 0.15) is 0 Å². The van der Waals surface area contributed by atoms with Crippen molar-refractivity contribution in [3.8, 4) is 0 Å². The van der Waals surface area contributed by atoms with E-state index in [4.69, 9.17) is 4.74 Å². The number of H-pyrrole nitrogens is 2. The molecule has 1 saturated heterocycles. The van der Waals surface area contributed by atoms with Crippen LogP contribution < -0.4 is 16.6 Å². The summed E-state index contributed by atoms with van der Waals surface area (Å²) < 4.78 is 5.39. The molecular weight excluding hydrogens is 212 g/mol. The van der Waals surface area contributed by atoms with E-state index in [2.05, 4.69) is 20.5 Å². The molecule has 0 aromatic carbocycles. The predicted molar refractivity (Wildman–Crippen MR) is 57.5 cm³/mol. The molecule has 2 unspecified atom stereocenters. The van der Waals surface area contributed by atoms with Crippen LogP contribution in [0.1, 0.15) is 19.8 Å². The van der Waals surface area contributed by atoms with E-state index < -0.39 is 11.2 Å². The summed E-state index contributed by atoms with van der Waals surface area (Å²) in [4.78, 5) is 24.2. The smallest absolute Gasteiger partial charge is 0.342 e. The third-order valence-corrected chi connectivity index (χ3v) is 2.54. The molecule has 1 aliphatic rings. The molecule has 0 radical (unpaired) electrons. The monoisotopic (exact) mass is 226 g/mol. The van der Waals surface area contributed by atoms with Crippen LogP contribution in [0.4, 0.5) is 5.82 Å². The molecule has 0 bridgehead atoms. The molecule has 2 atom stereocenters. The summed E-state index contributed by atoms with van der Waals surface area (Å²) in [7, 11) is 0. The summed E-state index contributed by atoms with van der Waals surface area (Å²) in [5, 5.41) is 8.85. The summed E-state index contributed by atoms with van der Waals surface area (Å²) in [5.41, 5.74) is -1.10. The van der Waals surface area contributed by atoms with Crippen molar-refractivity contribution in [2.75, 3.05) is 11.9 Å². The molecule has 88 valence electrons. The zero-order valence-corrected chi connectivity index (χ0v) is 8.95. The average molecular weight is 226 g/mol. The highest BCUT2D eigenvalue weighted by atomic mass is 16.5. The molecule has 0 aliphatic carbocycles. The minimum absolute atomic E-state index is 0.152. The van der Waals surface area contributed by atoms with E-state index in [1.165, 1.54) is 0 Å². The lowest BCUT2D eigenvalue weighted by Crippen LogP contribution is -2.36. The van der Waals surface area contributed by atoms with Gasteiger partial charge in [0, 0.05) is 12.6 Å². The predicted octanol–water partition coefficient (Wildman–Crippen LogP) is -0.562. The molecule has 0 saturated carbocycles. The molecule has 2 heterocycles. The minimum atomic E-state index is -0.601. The zero-order chi connectivity index (χ0) is 11.5. The molecule has 1 aromatic heterocycles. The van der Waals surface area contributed by atoms with Crippen molar-refractivity contribution >= 4 is 5.82 Å². The zero-order valence-electron chi connectivity index (χ0n) is 8.95. The van der Waals surface area contributed by atoms with E-state index in [0.717, 1.165) is 12.8 Å². The first-order valence-electron chi connectivity index (χ1n) is 5.22. The Labute approximate surface area is 91.2 Å². The van der Waals surface area contributed by atoms with Crippen LogP contribution >= 0.6 is 0 Å². The first-order chi connectivity index (χ1) is 7.65. The third-order valence-electron chi connectivity index (χ3n) is 2.54. The van der Waals surface area contributed by atoms with Gasteiger partial charge in [0.25, 0.3) is 5.56 Å². The summed E-state index contributed by atoms with van der Waals surface area (Å²) in [6.45, 7) is 2.65. The Kier molecular flexibility index (Phi) is 3.04. The molecule has 3 N–H and O–H groups in total. The number of nitrogens with zero attached hydrogens (tertiary/aromatic N) is 1. The normalized spacial score (nSPS) is 25.3. The maximum absolute atomic E-state index is 11.4. The summed E-state index contributed by atoms with van der Waals surface area (Å²) in [5.74, 6) is 0.152. The van der Waals surface area contributed by atoms with Crippen LogP contribution in [-0.2, 0) is 4.74 Å². The molecule has 7 heteroatoms. The van der Waals surface area contributed by atoms with Crippen molar-refractivity contribution in [2.45, 2.75) is 31.9 Å². The second-order valence-electron chi connectivity index (χ2n) is 3.90. The van der Waals surface area contributed by atoms with Crippen molar-refractivity contribution in [1.29, 1.82) is 0 Å². The minimum Gasteiger partial charge on any atom is -0.378 e. The quantitative estimate of drug-likeness (QED) is 0.627. The van der Waals surface area contributed by atoms with Crippen LogP contribution in [0.15, 0.2) is 9.59 Å². The SMILES string of the molecule is CC1CC(Nc2n[nH]c(=O)[nH]c2=O)CCO1. The van der Waals surface area contributed by atoms with Crippen LogP contribution in [0.2, 0.25) is 0 Å². The molecule has 1 fully saturated rings. The standard InChI is InChI=1S/C9H14N4O3/c1-5-4-6(2-3-16-5)10-7-8(14)11-9(15)13-12-7/h5-6H,2-4H2,1H3,(H,10,12)(H2,11,13,14,15). The molecule has 16 heavy (non-hydrogen) atoms. The van der Waals surface area contributed by atoms with Gasteiger partial charge in [-0.05, 0) is 19.8 Å². The highest BCUT2D eigenvalue weighted by Crippen LogP contribution is 2.15. The lowest BCUT2D eigenvalue weighted by molar-refractivity contribution is 0.0231. The number of aromatic nitrogens is 3. The Morgan fingerprint density at radius 3 is 3.00 bits per heavy atom. The number of rotatable bonds is 2. The van der Waals surface area contributed by atoms with Crippen molar-refractivity contribution in [2.24, 2.45) is 0 Å². The summed E-state index contributed by atoms with van der Waals surface area (Å²) in [6.07, 6.45) is 1.82. The maximum Gasteiger partial charge on any atom is 0.342 e. The van der Waals surface area contributed by atoms with Gasteiger partial charge in [-0.1, -0.05) is 0 Å². The Hall–Kier alpha value is -1.63. The Morgan fingerprint density at radius 1 is 1.50 bits per heavy atom. The lowest BCUT2D eigenvalue weighted by Gasteiger charge is -2.27. The van der Waals surface area contributed by atoms with E-state index in [1.807, 2.05) is 6.92 Å². The molecule has 0 spiro atoms. The molecule has 1 aliphatic heterocycles. The lowest BCUT2D eigenvalue weighted by atomic mass is 10.0. The van der Waals surface area contributed by atoms with Crippen LogP contribution in [0.25, 0.3) is 0 Å². The first kappa shape index (κ1) is 10.9. The number of hydrogen-bond donors (Lipinski definition) is 3. The van der Waals surface area contributed by atoms with Crippen molar-refractivity contribution in [3.05, 3.63) is 20.8 Å². The van der Waals surface area contributed by atoms with Gasteiger partial charge in [-0.2, -0.15) is 0 Å². The fraction of sp³-hybridized carbons (Fsp3) is 0.667. The average Bonchev–Trinajstić information content (AvgIpc) is 2.22. The molecule has 1 aromatic rings. The van der Waals surface area contributed by atoms with Crippen molar-refractivity contribution < 1.29 is 4.74 Å². The van der Waals surface area contributed by atoms with Gasteiger partial charge >= 0.3 is 5.69 Å². The van der Waals surface area contributed by atoms with E-state index in [0.29, 0.717) is 6.61 Å². The Morgan fingerprint density at radius 2 is 2.31 bits per heavy atom. The van der Waals surface area contributed by atoms with Gasteiger partial charge < -0.3 is 10.1 Å². The fourth-order valence-electron chi connectivity index (χ4n) is 1.77. The number of aromatic amines is 2. The first-order valence-corrected chi connectivity index (χ1v) is 5.22. The number of anilines is 1. The highest BCUT2D eigenvalue weighted by molar-refractivity contribution is 5.30. The second kappa shape index (κ2) is 4.48. The number of hydrogen-bond acceptors (Lipinski definition) is 5. The van der Waals surface area contributed by atoms with Crippen LogP contribution in [0.5, 0.6) is 0 Å². The van der Waals surface area contributed by atoms with Gasteiger partial charge in [-0.15, -0.1) is 5.10 Å². The molecule has 0 amide bonds. The van der Waals surface area contributed by atoms with Crippen molar-refractivity contribution in [3.63, 3.8) is 0 Å². The van der Waals surface area contributed by atoms with Crippen LogP contribution in [0, 0.1) is 0 Å². The maximum atomic E-state index is 11.4. The van der Waals surface area contributed by atoms with Crippen LogP contribution in [0.3, 0.4) is 0 Å². The summed E-state index contributed by atoms with van der Waals surface area (Å²) >= 11 is 0. The highest BCUT2D eigenvalue weighted by Gasteiger charge is 2.20. The Bertz CT molecular complexity index is 466. The fourth-order valence-corrected chi connectivity index (χ4v) is 1.77. The van der Waals surface area contributed by atoms with Gasteiger partial charge in [-0.25, -0.2) is 9.89 Å². The van der Waals surface area contributed by atoms with E-state index >= 15 is 0 Å². The van der Waals surface area contributed by atoms with E-state index in [9.17, 15) is 9.59 Å². The molecule has 2 rings (SSSR count). The van der Waals surface area contributed by atoms with Crippen LogP contribution in [-0.4, -0.2) is 33.9 Å². The number of nitrogens with one attached hydrogen (secondary N) is 3. The van der Waals surface area contributed by atoms with Gasteiger partial charge in [0.15, 0.2) is 0 Å². The third kappa shape index (κ3) is 2.48. The Balaban J connectivity index is 2.08. The second-order valence-corrected chi connectivity index (χ2v) is 3.90. The van der Waals surface area contributed by atoms with Crippen molar-refractivity contribution in [1.82, 2.24) is 15.2 Å². The number of ether oxygens (including phenoxy) is 1. The summed E-state index contributed by atoms with van der Waals surface area (Å²) in [6, 6.07) is 0.156. The van der Waals surface area contributed by atoms with E-state index in [-0.39, 0.29) is 18.0 Å². The topological polar surface area (TPSA) is 99.9 Å². The van der Waals surface area contributed by atoms with Gasteiger partial charge in [0.2, 0.25) is 5.82 Å². The van der Waals surface area contributed by atoms with Gasteiger partial charge in [-0.3, -0.25) is 9.78 Å². The largest absolute Gasteiger partial charge is 0.378 e.